The molecule has 2 aromatic heterocycles. The Kier molecular flexibility index (Phi) is 7.04. The molecule has 1 N–H and O–H groups in total. The van der Waals surface area contributed by atoms with Crippen molar-refractivity contribution < 1.29 is 9.90 Å². The van der Waals surface area contributed by atoms with Crippen LogP contribution in [0.2, 0.25) is 0 Å². The molecular weight excluding hydrogens is 264 g/mol. The van der Waals surface area contributed by atoms with Crippen LogP contribution in [0.15, 0.2) is 24.7 Å². The zero-order chi connectivity index (χ0) is 8.55. The monoisotopic (exact) mass is 271 g/mol. The molecule has 0 radical (unpaired) electrons. The maximum Gasteiger partial charge on any atom is 0.341 e. The lowest BCUT2D eigenvalue weighted by atomic mass is 10.3. The van der Waals surface area contributed by atoms with Gasteiger partial charge in [-0.05, 0) is 6.07 Å². The molecule has 0 saturated carbocycles. The van der Waals surface area contributed by atoms with Crippen molar-refractivity contribution in [2.75, 3.05) is 0 Å². The number of carbonyl (C=O) groups is 1. The molecule has 0 amide bonds. The van der Waals surface area contributed by atoms with Crippen LogP contribution >= 0.6 is 37.2 Å². The van der Waals surface area contributed by atoms with Gasteiger partial charge in [0.2, 0.25) is 0 Å². The SMILES string of the molecule is Cl.Cl.Cl.O=C(O)c1cnn2cccnc12. The zero-order valence-corrected chi connectivity index (χ0v) is 9.68. The van der Waals surface area contributed by atoms with E-state index in [4.69, 9.17) is 5.11 Å². The molecule has 0 fully saturated rings. The van der Waals surface area contributed by atoms with Crippen LogP contribution in [0.4, 0.5) is 0 Å². The smallest absolute Gasteiger partial charge is 0.341 e. The fourth-order valence-corrected chi connectivity index (χ4v) is 0.978. The largest absolute Gasteiger partial charge is 0.477 e. The van der Waals surface area contributed by atoms with E-state index in [0.717, 1.165) is 0 Å². The summed E-state index contributed by atoms with van der Waals surface area (Å²) in [6.45, 7) is 0. The van der Waals surface area contributed by atoms with E-state index in [2.05, 4.69) is 10.1 Å². The van der Waals surface area contributed by atoms with Gasteiger partial charge in [0.05, 0.1) is 6.20 Å². The lowest BCUT2D eigenvalue weighted by Crippen LogP contribution is -1.96. The predicted molar refractivity (Wildman–Crippen MR) is 61.7 cm³/mol. The average molecular weight is 273 g/mol. The third kappa shape index (κ3) is 2.95. The summed E-state index contributed by atoms with van der Waals surface area (Å²) in [5.41, 5.74) is 0.487. The highest BCUT2D eigenvalue weighted by atomic mass is 35.5. The zero-order valence-electron chi connectivity index (χ0n) is 7.23. The van der Waals surface area contributed by atoms with E-state index in [0.29, 0.717) is 5.65 Å². The second-order valence-corrected chi connectivity index (χ2v) is 2.25. The Bertz CT molecular complexity index is 446. The minimum Gasteiger partial charge on any atom is -0.477 e. The number of carboxylic acid groups (broad SMARTS) is 1. The summed E-state index contributed by atoms with van der Waals surface area (Å²) in [6.07, 6.45) is 4.46. The predicted octanol–water partition coefficient (Wildman–Crippen LogP) is 1.69. The summed E-state index contributed by atoms with van der Waals surface area (Å²) in [5, 5.41) is 12.5. The standard InChI is InChI=1S/C7H5N3O2.3ClH/c11-7(12)5-4-9-10-3-1-2-8-6(5)10;;;/h1-4H,(H,11,12);3*1H. The molecule has 0 aromatic carbocycles. The van der Waals surface area contributed by atoms with Crippen molar-refractivity contribution >= 4 is 48.8 Å². The lowest BCUT2D eigenvalue weighted by Gasteiger charge is -1.90. The number of rotatable bonds is 1. The van der Waals surface area contributed by atoms with Gasteiger partial charge < -0.3 is 5.11 Å². The molecule has 5 nitrogen and oxygen atoms in total. The van der Waals surface area contributed by atoms with Gasteiger partial charge in [0.15, 0.2) is 5.65 Å². The average Bonchev–Trinajstić information content (AvgIpc) is 2.47. The number of aromatic carboxylic acids is 1. The minimum atomic E-state index is -1.01. The van der Waals surface area contributed by atoms with Gasteiger partial charge in [-0.25, -0.2) is 14.3 Å². The lowest BCUT2D eigenvalue weighted by molar-refractivity contribution is 0.0699. The minimum absolute atomic E-state index is 0. The third-order valence-electron chi connectivity index (χ3n) is 1.51. The molecule has 0 unspecified atom stereocenters. The van der Waals surface area contributed by atoms with Crippen molar-refractivity contribution in [3.8, 4) is 0 Å². The van der Waals surface area contributed by atoms with Crippen molar-refractivity contribution in [2.45, 2.75) is 0 Å². The van der Waals surface area contributed by atoms with E-state index in [9.17, 15) is 4.79 Å². The van der Waals surface area contributed by atoms with Gasteiger partial charge in [0.25, 0.3) is 0 Å². The highest BCUT2D eigenvalue weighted by molar-refractivity contribution is 5.93. The van der Waals surface area contributed by atoms with Crippen molar-refractivity contribution in [3.05, 3.63) is 30.2 Å². The normalized spacial score (nSPS) is 8.27. The molecule has 2 heterocycles. The van der Waals surface area contributed by atoms with Crippen LogP contribution in [0, 0.1) is 0 Å². The Morgan fingerprint density at radius 2 is 2.00 bits per heavy atom. The summed E-state index contributed by atoms with van der Waals surface area (Å²) in [4.78, 5) is 14.5. The Labute approximate surface area is 104 Å². The Morgan fingerprint density at radius 3 is 2.60 bits per heavy atom. The molecule has 2 rings (SSSR count). The molecule has 0 saturated heterocycles. The molecule has 84 valence electrons. The number of aromatic nitrogens is 3. The fourth-order valence-electron chi connectivity index (χ4n) is 0.978. The number of nitrogens with zero attached hydrogens (tertiary/aromatic N) is 3. The first-order chi connectivity index (χ1) is 5.79. The van der Waals surface area contributed by atoms with E-state index in [1.165, 1.54) is 16.9 Å². The van der Waals surface area contributed by atoms with Gasteiger partial charge in [-0.15, -0.1) is 37.2 Å². The third-order valence-corrected chi connectivity index (χ3v) is 1.51. The molecular formula is C7H8Cl3N3O2. The topological polar surface area (TPSA) is 67.5 Å². The summed E-state index contributed by atoms with van der Waals surface area (Å²) in [7, 11) is 0. The summed E-state index contributed by atoms with van der Waals surface area (Å²) in [6, 6.07) is 1.69. The molecule has 0 aliphatic carbocycles. The maximum atomic E-state index is 10.6. The fraction of sp³-hybridized carbons (Fsp3) is 0. The van der Waals surface area contributed by atoms with Crippen molar-refractivity contribution in [1.82, 2.24) is 14.6 Å². The second-order valence-electron chi connectivity index (χ2n) is 2.25. The van der Waals surface area contributed by atoms with Gasteiger partial charge in [0.1, 0.15) is 5.56 Å². The molecule has 0 aliphatic rings. The van der Waals surface area contributed by atoms with E-state index in [1.54, 1.807) is 12.3 Å². The number of hydrogen-bond acceptors (Lipinski definition) is 3. The Balaban J connectivity index is 0. The van der Waals surface area contributed by atoms with E-state index < -0.39 is 5.97 Å². The molecule has 0 spiro atoms. The first kappa shape index (κ1) is 16.4. The highest BCUT2D eigenvalue weighted by Gasteiger charge is 2.10. The molecule has 2 aromatic rings. The summed E-state index contributed by atoms with van der Waals surface area (Å²) in [5.74, 6) is -1.01. The van der Waals surface area contributed by atoms with Crippen molar-refractivity contribution in [3.63, 3.8) is 0 Å². The number of halogens is 3. The first-order valence-corrected chi connectivity index (χ1v) is 3.30. The molecule has 8 heteroatoms. The Morgan fingerprint density at radius 1 is 1.33 bits per heavy atom. The van der Waals surface area contributed by atoms with Crippen LogP contribution < -0.4 is 0 Å². The van der Waals surface area contributed by atoms with Crippen LogP contribution in [0.25, 0.3) is 5.65 Å². The number of hydrogen-bond donors (Lipinski definition) is 1. The van der Waals surface area contributed by atoms with Gasteiger partial charge in [-0.1, -0.05) is 0 Å². The van der Waals surface area contributed by atoms with Crippen LogP contribution in [0.3, 0.4) is 0 Å². The van der Waals surface area contributed by atoms with Crippen molar-refractivity contribution in [2.24, 2.45) is 0 Å². The molecule has 0 bridgehead atoms. The summed E-state index contributed by atoms with van der Waals surface area (Å²) < 4.78 is 1.42. The molecule has 15 heavy (non-hydrogen) atoms. The van der Waals surface area contributed by atoms with Gasteiger partial charge in [-0.3, -0.25) is 0 Å². The molecule has 0 aliphatic heterocycles. The van der Waals surface area contributed by atoms with Crippen LogP contribution in [0.1, 0.15) is 10.4 Å². The van der Waals surface area contributed by atoms with Gasteiger partial charge >= 0.3 is 5.97 Å². The Hall–Kier alpha value is -1.04. The molecule has 0 atom stereocenters. The highest BCUT2D eigenvalue weighted by Crippen LogP contribution is 2.05. The number of fused-ring (bicyclic) bond motifs is 1. The van der Waals surface area contributed by atoms with E-state index >= 15 is 0 Å². The van der Waals surface area contributed by atoms with Gasteiger partial charge in [-0.2, -0.15) is 5.10 Å². The van der Waals surface area contributed by atoms with Crippen LogP contribution in [-0.4, -0.2) is 25.7 Å². The summed E-state index contributed by atoms with van der Waals surface area (Å²) >= 11 is 0. The number of carboxylic acids is 1. The van der Waals surface area contributed by atoms with Gasteiger partial charge in [0, 0.05) is 12.4 Å². The quantitative estimate of drug-likeness (QED) is 0.858. The van der Waals surface area contributed by atoms with Crippen LogP contribution in [0.5, 0.6) is 0 Å². The van der Waals surface area contributed by atoms with Crippen molar-refractivity contribution in [1.29, 1.82) is 0 Å². The first-order valence-electron chi connectivity index (χ1n) is 3.30. The maximum absolute atomic E-state index is 10.6. The van der Waals surface area contributed by atoms with Crippen LogP contribution in [-0.2, 0) is 0 Å². The van der Waals surface area contributed by atoms with E-state index in [1.807, 2.05) is 0 Å². The second kappa shape index (κ2) is 6.44. The van der Waals surface area contributed by atoms with E-state index in [-0.39, 0.29) is 42.8 Å².